The first-order chi connectivity index (χ1) is 7.64. The van der Waals surface area contributed by atoms with Gasteiger partial charge in [-0.1, -0.05) is 15.9 Å². The van der Waals surface area contributed by atoms with E-state index in [-0.39, 0.29) is 5.69 Å². The lowest BCUT2D eigenvalue weighted by Crippen LogP contribution is -2.18. The van der Waals surface area contributed by atoms with Crippen LogP contribution in [0.1, 0.15) is 17.2 Å². The average Bonchev–Trinajstić information content (AvgIpc) is 2.12. The Labute approximate surface area is 102 Å². The van der Waals surface area contributed by atoms with Gasteiger partial charge in [0.15, 0.2) is 6.10 Å². The predicted octanol–water partition coefficient (Wildman–Crippen LogP) is 2.17. The molecule has 0 heterocycles. The number of aliphatic hydroxyl groups excluding tert-OH is 1. The molecule has 1 aromatic rings. The zero-order chi connectivity index (χ0) is 13.4. The Bertz CT molecular complexity index is 462. The van der Waals surface area contributed by atoms with E-state index >= 15 is 0 Å². The summed E-state index contributed by atoms with van der Waals surface area (Å²) in [4.78, 5) is 10.5. The van der Waals surface area contributed by atoms with Gasteiger partial charge in [-0.05, 0) is 12.1 Å². The number of aliphatic hydroxyl groups is 1. The van der Waals surface area contributed by atoms with E-state index in [9.17, 15) is 23.1 Å². The van der Waals surface area contributed by atoms with Crippen LogP contribution in [0.15, 0.2) is 16.6 Å². The molecule has 0 saturated heterocycles. The molecular formula is C9H7BrF3NO3. The maximum absolute atomic E-state index is 12.7. The maximum atomic E-state index is 12.7. The lowest BCUT2D eigenvalue weighted by atomic mass is 10.0. The number of aliphatic carboxylic acids is 1. The number of halogens is 4. The van der Waals surface area contributed by atoms with Gasteiger partial charge in [-0.2, -0.15) is 13.2 Å². The third-order valence-electron chi connectivity index (χ3n) is 1.96. The minimum atomic E-state index is -4.79. The number of hydrogen-bond acceptors (Lipinski definition) is 3. The second-order valence-corrected chi connectivity index (χ2v) is 4.06. The first kappa shape index (κ1) is 13.8. The number of hydrogen-bond donors (Lipinski definition) is 3. The van der Waals surface area contributed by atoms with Crippen LogP contribution in [0.3, 0.4) is 0 Å². The topological polar surface area (TPSA) is 83.5 Å². The number of carboxylic acids is 1. The van der Waals surface area contributed by atoms with Crippen LogP contribution in [-0.2, 0) is 11.0 Å². The van der Waals surface area contributed by atoms with Gasteiger partial charge < -0.3 is 15.9 Å². The van der Waals surface area contributed by atoms with Gasteiger partial charge in [0.25, 0.3) is 0 Å². The van der Waals surface area contributed by atoms with Crippen molar-refractivity contribution >= 4 is 27.6 Å². The van der Waals surface area contributed by atoms with Crippen molar-refractivity contribution in [2.75, 3.05) is 5.73 Å². The van der Waals surface area contributed by atoms with Crippen LogP contribution >= 0.6 is 15.9 Å². The third-order valence-corrected chi connectivity index (χ3v) is 2.58. The summed E-state index contributed by atoms with van der Waals surface area (Å²) in [6.07, 6.45) is -7.08. The molecule has 0 amide bonds. The van der Waals surface area contributed by atoms with Gasteiger partial charge >= 0.3 is 12.1 Å². The Morgan fingerprint density at radius 3 is 2.35 bits per heavy atom. The molecule has 0 aliphatic heterocycles. The number of carboxylic acid groups (broad SMARTS) is 1. The van der Waals surface area contributed by atoms with E-state index in [1.165, 1.54) is 0 Å². The fraction of sp³-hybridized carbons (Fsp3) is 0.222. The number of alkyl halides is 3. The lowest BCUT2D eigenvalue weighted by Gasteiger charge is -2.17. The molecule has 0 spiro atoms. The molecule has 4 N–H and O–H groups in total. The molecule has 17 heavy (non-hydrogen) atoms. The number of benzene rings is 1. The van der Waals surface area contributed by atoms with Crippen molar-refractivity contribution in [3.8, 4) is 0 Å². The highest BCUT2D eigenvalue weighted by Crippen LogP contribution is 2.40. The molecule has 8 heteroatoms. The van der Waals surface area contributed by atoms with Gasteiger partial charge in [0.05, 0.1) is 5.56 Å². The standard InChI is InChI=1S/C9H7BrF3NO3/c10-5-2-3(14)1-4(7(15)8(16)17)6(5)9(11,12)13/h1-2,7,15H,14H2,(H,16,17). The largest absolute Gasteiger partial charge is 0.479 e. The van der Waals surface area contributed by atoms with E-state index in [0.717, 1.165) is 12.1 Å². The van der Waals surface area contributed by atoms with Crippen molar-refractivity contribution in [1.82, 2.24) is 0 Å². The van der Waals surface area contributed by atoms with Crippen molar-refractivity contribution < 1.29 is 28.2 Å². The first-order valence-corrected chi connectivity index (χ1v) is 5.01. The number of rotatable bonds is 2. The lowest BCUT2D eigenvalue weighted by molar-refractivity contribution is -0.149. The molecule has 4 nitrogen and oxygen atoms in total. The Hall–Kier alpha value is -1.28. The Morgan fingerprint density at radius 1 is 1.41 bits per heavy atom. The molecule has 0 aromatic heterocycles. The monoisotopic (exact) mass is 313 g/mol. The van der Waals surface area contributed by atoms with Crippen molar-refractivity contribution in [3.63, 3.8) is 0 Å². The van der Waals surface area contributed by atoms with Crippen molar-refractivity contribution in [1.29, 1.82) is 0 Å². The second-order valence-electron chi connectivity index (χ2n) is 3.21. The maximum Gasteiger partial charge on any atom is 0.417 e. The van der Waals surface area contributed by atoms with Gasteiger partial charge in [-0.3, -0.25) is 0 Å². The summed E-state index contributed by atoms with van der Waals surface area (Å²) >= 11 is 2.65. The SMILES string of the molecule is Nc1cc(Br)c(C(F)(F)F)c(C(O)C(=O)O)c1. The predicted molar refractivity (Wildman–Crippen MR) is 56.2 cm³/mol. The molecule has 0 fully saturated rings. The minimum Gasteiger partial charge on any atom is -0.479 e. The Kier molecular flexibility index (Phi) is 3.68. The first-order valence-electron chi connectivity index (χ1n) is 4.21. The summed E-state index contributed by atoms with van der Waals surface area (Å²) in [5, 5.41) is 17.7. The quantitative estimate of drug-likeness (QED) is 0.731. The summed E-state index contributed by atoms with van der Waals surface area (Å²) in [6.45, 7) is 0. The van der Waals surface area contributed by atoms with E-state index in [1.54, 1.807) is 0 Å². The van der Waals surface area contributed by atoms with Crippen LogP contribution in [0, 0.1) is 0 Å². The van der Waals surface area contributed by atoms with Crippen LogP contribution in [0.25, 0.3) is 0 Å². The fourth-order valence-electron chi connectivity index (χ4n) is 1.30. The molecule has 1 rings (SSSR count). The van der Waals surface area contributed by atoms with E-state index in [0.29, 0.717) is 0 Å². The van der Waals surface area contributed by atoms with Gasteiger partial charge in [-0.15, -0.1) is 0 Å². The molecule has 0 radical (unpaired) electrons. The smallest absolute Gasteiger partial charge is 0.417 e. The van der Waals surface area contributed by atoms with E-state index in [1.807, 2.05) is 0 Å². The third kappa shape index (κ3) is 2.89. The molecule has 1 atom stereocenters. The zero-order valence-corrected chi connectivity index (χ0v) is 9.71. The summed E-state index contributed by atoms with van der Waals surface area (Å²) in [6, 6.07) is 1.77. The molecule has 0 aliphatic carbocycles. The van der Waals surface area contributed by atoms with E-state index < -0.39 is 33.8 Å². The van der Waals surface area contributed by atoms with Crippen LogP contribution in [-0.4, -0.2) is 16.2 Å². The summed E-state index contributed by atoms with van der Waals surface area (Å²) in [5.74, 6) is -1.78. The van der Waals surface area contributed by atoms with Gasteiger partial charge in [0, 0.05) is 15.7 Å². The van der Waals surface area contributed by atoms with Gasteiger partial charge in [0.2, 0.25) is 0 Å². The number of nitrogen functional groups attached to an aromatic ring is 1. The molecule has 1 unspecified atom stereocenters. The summed E-state index contributed by atoms with van der Waals surface area (Å²) in [5.41, 5.74) is 3.18. The molecule has 94 valence electrons. The number of anilines is 1. The summed E-state index contributed by atoms with van der Waals surface area (Å²) < 4.78 is 37.7. The zero-order valence-electron chi connectivity index (χ0n) is 8.12. The van der Waals surface area contributed by atoms with Crippen LogP contribution in [0.5, 0.6) is 0 Å². The number of carbonyl (C=O) groups is 1. The highest BCUT2D eigenvalue weighted by molar-refractivity contribution is 9.10. The molecule has 0 aliphatic rings. The van der Waals surface area contributed by atoms with Gasteiger partial charge in [0.1, 0.15) is 0 Å². The van der Waals surface area contributed by atoms with Crippen molar-refractivity contribution in [2.45, 2.75) is 12.3 Å². The Balaban J connectivity index is 3.52. The normalized spacial score (nSPS) is 13.5. The minimum absolute atomic E-state index is 0.0832. The van der Waals surface area contributed by atoms with Crippen molar-refractivity contribution in [2.24, 2.45) is 0 Å². The van der Waals surface area contributed by atoms with Gasteiger partial charge in [-0.25, -0.2) is 4.79 Å². The van der Waals surface area contributed by atoms with Crippen LogP contribution in [0.2, 0.25) is 0 Å². The molecule has 0 saturated carbocycles. The highest BCUT2D eigenvalue weighted by Gasteiger charge is 2.39. The van der Waals surface area contributed by atoms with E-state index in [4.69, 9.17) is 10.8 Å². The molecule has 1 aromatic carbocycles. The molecular weight excluding hydrogens is 307 g/mol. The average molecular weight is 314 g/mol. The Morgan fingerprint density at radius 2 is 1.94 bits per heavy atom. The number of nitrogens with two attached hydrogens (primary N) is 1. The highest BCUT2D eigenvalue weighted by atomic mass is 79.9. The molecule has 0 bridgehead atoms. The van der Waals surface area contributed by atoms with Crippen LogP contribution < -0.4 is 5.73 Å². The fourth-order valence-corrected chi connectivity index (χ4v) is 2.02. The summed E-state index contributed by atoms with van der Waals surface area (Å²) in [7, 11) is 0. The van der Waals surface area contributed by atoms with Crippen molar-refractivity contribution in [3.05, 3.63) is 27.7 Å². The van der Waals surface area contributed by atoms with E-state index in [2.05, 4.69) is 15.9 Å². The second kappa shape index (κ2) is 4.53. The van der Waals surface area contributed by atoms with Crippen LogP contribution in [0.4, 0.5) is 18.9 Å².